The van der Waals surface area contributed by atoms with Gasteiger partial charge in [-0.1, -0.05) is 18.2 Å². The molecule has 0 bridgehead atoms. The van der Waals surface area contributed by atoms with E-state index in [9.17, 15) is 17.7 Å². The fourth-order valence-corrected chi connectivity index (χ4v) is 4.38. The van der Waals surface area contributed by atoms with E-state index in [1.165, 1.54) is 6.07 Å². The highest BCUT2D eigenvalue weighted by Gasteiger charge is 2.30. The van der Waals surface area contributed by atoms with E-state index < -0.39 is 19.3 Å². The van der Waals surface area contributed by atoms with E-state index in [0.29, 0.717) is 21.9 Å². The maximum absolute atomic E-state index is 12.9. The Morgan fingerprint density at radius 2 is 1.59 bits per heavy atom. The molecule has 1 aromatic heterocycles. The Balaban J connectivity index is 1.94. The van der Waals surface area contributed by atoms with Gasteiger partial charge in [-0.3, -0.25) is 4.57 Å². The molecule has 144 valence electrons. The van der Waals surface area contributed by atoms with E-state index in [1.807, 2.05) is 0 Å². The zero-order valence-electron chi connectivity index (χ0n) is 14.8. The normalized spacial score (nSPS) is 12.6. The zero-order chi connectivity index (χ0) is 19.7. The van der Waals surface area contributed by atoms with Gasteiger partial charge in [0.25, 0.3) is 0 Å². The molecule has 0 spiro atoms. The smallest absolute Gasteiger partial charge is 0.355 e. The summed E-state index contributed by atoms with van der Waals surface area (Å²) in [7, 11) is -3.37. The Bertz CT molecular complexity index is 970. The highest BCUT2D eigenvalue weighted by atomic mass is 31.2. The van der Waals surface area contributed by atoms with Gasteiger partial charge in [0.2, 0.25) is 0 Å². The van der Waals surface area contributed by atoms with E-state index in [2.05, 4.69) is 4.98 Å². The molecule has 0 aliphatic rings. The number of aromatic amines is 1. The van der Waals surface area contributed by atoms with Crippen molar-refractivity contribution in [3.05, 3.63) is 54.1 Å². The summed E-state index contributed by atoms with van der Waals surface area (Å²) in [5.41, 5.74) is 1.12. The van der Waals surface area contributed by atoms with Crippen LogP contribution in [0.15, 0.2) is 48.5 Å². The molecule has 0 fully saturated rings. The van der Waals surface area contributed by atoms with E-state index in [4.69, 9.17) is 9.05 Å². The first-order valence-corrected chi connectivity index (χ1v) is 10.0. The Hall–Kier alpha value is -2.08. The number of halogens is 3. The summed E-state index contributed by atoms with van der Waals surface area (Å²) >= 11 is 0. The summed E-state index contributed by atoms with van der Waals surface area (Å²) in [6, 6.07) is 12.1. The van der Waals surface area contributed by atoms with Crippen LogP contribution in [0.4, 0.5) is 13.2 Å². The summed E-state index contributed by atoms with van der Waals surface area (Å²) in [6.45, 7) is 3.98. The fourth-order valence-electron chi connectivity index (χ4n) is 2.81. The molecule has 1 N–H and O–H groups in total. The summed E-state index contributed by atoms with van der Waals surface area (Å²) in [5, 5.41) is 1.11. The van der Waals surface area contributed by atoms with Gasteiger partial charge < -0.3 is 14.0 Å². The molecule has 0 aliphatic carbocycles. The van der Waals surface area contributed by atoms with Gasteiger partial charge in [0.15, 0.2) is 0 Å². The van der Waals surface area contributed by atoms with Crippen molar-refractivity contribution >= 4 is 23.8 Å². The van der Waals surface area contributed by atoms with Crippen LogP contribution in [-0.4, -0.2) is 18.2 Å². The van der Waals surface area contributed by atoms with Crippen LogP contribution in [0.1, 0.15) is 19.4 Å². The minimum Gasteiger partial charge on any atom is -0.355 e. The number of alkyl halides is 3. The minimum atomic E-state index is -4.39. The van der Waals surface area contributed by atoms with Gasteiger partial charge in [-0.15, -0.1) is 0 Å². The predicted molar refractivity (Wildman–Crippen MR) is 99.2 cm³/mol. The standard InChI is InChI=1S/C19H19F3NO3P/c1-3-25-27(24,26-4-2)16-9-6-13(7-10-16)17-11-14-5-8-15(19(20,21)22)12-18(14)23-17/h5-12,23H,3-4H2,1-2H3. The molecule has 2 aromatic carbocycles. The number of fused-ring (bicyclic) bond motifs is 1. The number of nitrogens with one attached hydrogen (secondary N) is 1. The lowest BCUT2D eigenvalue weighted by atomic mass is 10.1. The van der Waals surface area contributed by atoms with Gasteiger partial charge >= 0.3 is 13.8 Å². The number of H-pyrrole nitrogens is 1. The molecular formula is C19H19F3NO3P. The SMILES string of the molecule is CCOP(=O)(OCC)c1ccc(-c2cc3ccc(C(F)(F)F)cc3[nH]2)cc1. The molecule has 0 unspecified atom stereocenters. The molecule has 0 saturated carbocycles. The molecule has 27 heavy (non-hydrogen) atoms. The molecule has 0 saturated heterocycles. The van der Waals surface area contributed by atoms with Gasteiger partial charge in [0, 0.05) is 16.6 Å². The lowest BCUT2D eigenvalue weighted by Gasteiger charge is -2.17. The second-order valence-corrected chi connectivity index (χ2v) is 7.89. The molecular weight excluding hydrogens is 378 g/mol. The molecule has 0 atom stereocenters. The minimum absolute atomic E-state index is 0.253. The lowest BCUT2D eigenvalue weighted by Crippen LogP contribution is -2.10. The number of rotatable bonds is 6. The lowest BCUT2D eigenvalue weighted by molar-refractivity contribution is -0.137. The third-order valence-corrected chi connectivity index (χ3v) is 6.17. The molecule has 0 amide bonds. The summed E-state index contributed by atoms with van der Waals surface area (Å²) in [6.07, 6.45) is -4.39. The summed E-state index contributed by atoms with van der Waals surface area (Å²) in [5.74, 6) is 0. The summed E-state index contributed by atoms with van der Waals surface area (Å²) in [4.78, 5) is 3.00. The Kier molecular flexibility index (Phi) is 5.47. The van der Waals surface area contributed by atoms with Crippen molar-refractivity contribution < 1.29 is 26.8 Å². The monoisotopic (exact) mass is 397 g/mol. The largest absolute Gasteiger partial charge is 0.416 e. The van der Waals surface area contributed by atoms with Crippen molar-refractivity contribution in [2.24, 2.45) is 0 Å². The van der Waals surface area contributed by atoms with Gasteiger partial charge in [-0.05, 0) is 49.7 Å². The predicted octanol–water partition coefficient (Wildman–Crippen LogP) is 5.75. The van der Waals surface area contributed by atoms with E-state index in [0.717, 1.165) is 17.7 Å². The second kappa shape index (κ2) is 7.50. The van der Waals surface area contributed by atoms with Gasteiger partial charge in [-0.25, -0.2) is 0 Å². The van der Waals surface area contributed by atoms with E-state index in [1.54, 1.807) is 44.2 Å². The quantitative estimate of drug-likeness (QED) is 0.539. The number of benzene rings is 2. The first-order valence-electron chi connectivity index (χ1n) is 8.47. The molecule has 1 heterocycles. The van der Waals surface area contributed by atoms with E-state index in [-0.39, 0.29) is 13.2 Å². The van der Waals surface area contributed by atoms with Crippen LogP contribution < -0.4 is 5.30 Å². The van der Waals surface area contributed by atoms with Crippen molar-refractivity contribution in [1.29, 1.82) is 0 Å². The average Bonchev–Trinajstić information content (AvgIpc) is 3.05. The molecule has 3 rings (SSSR count). The molecule has 0 aliphatic heterocycles. The average molecular weight is 397 g/mol. The topological polar surface area (TPSA) is 51.3 Å². The van der Waals surface area contributed by atoms with Crippen LogP contribution in [0.25, 0.3) is 22.2 Å². The summed E-state index contributed by atoms with van der Waals surface area (Å²) < 4.78 is 62.0. The van der Waals surface area contributed by atoms with Gasteiger partial charge in [0.05, 0.1) is 24.1 Å². The number of hydrogen-bond acceptors (Lipinski definition) is 3. The van der Waals surface area contributed by atoms with E-state index >= 15 is 0 Å². The van der Waals surface area contributed by atoms with Crippen molar-refractivity contribution in [2.45, 2.75) is 20.0 Å². The van der Waals surface area contributed by atoms with Crippen LogP contribution >= 0.6 is 7.60 Å². The maximum Gasteiger partial charge on any atom is 0.416 e. The van der Waals surface area contributed by atoms with Crippen molar-refractivity contribution in [2.75, 3.05) is 13.2 Å². The molecule has 0 radical (unpaired) electrons. The Morgan fingerprint density at radius 3 is 2.15 bits per heavy atom. The van der Waals surface area contributed by atoms with Crippen molar-refractivity contribution in [3.8, 4) is 11.3 Å². The Labute approximate surface area is 154 Å². The van der Waals surface area contributed by atoms with Crippen LogP contribution in [0, 0.1) is 0 Å². The third-order valence-electron chi connectivity index (χ3n) is 4.04. The molecule has 4 nitrogen and oxygen atoms in total. The first-order chi connectivity index (χ1) is 12.8. The third kappa shape index (κ3) is 4.10. The van der Waals surface area contributed by atoms with Crippen LogP contribution in [-0.2, 0) is 19.8 Å². The fraction of sp³-hybridized carbons (Fsp3) is 0.263. The van der Waals surface area contributed by atoms with Crippen molar-refractivity contribution in [1.82, 2.24) is 4.98 Å². The van der Waals surface area contributed by atoms with Crippen LogP contribution in [0.2, 0.25) is 0 Å². The second-order valence-electron chi connectivity index (χ2n) is 5.86. The number of hydrogen-bond donors (Lipinski definition) is 1. The van der Waals surface area contributed by atoms with Gasteiger partial charge in [-0.2, -0.15) is 13.2 Å². The highest BCUT2D eigenvalue weighted by Crippen LogP contribution is 2.47. The number of aromatic nitrogens is 1. The molecule has 8 heteroatoms. The van der Waals surface area contributed by atoms with Crippen LogP contribution in [0.5, 0.6) is 0 Å². The zero-order valence-corrected chi connectivity index (χ0v) is 15.7. The maximum atomic E-state index is 12.9. The first kappa shape index (κ1) is 19.7. The Morgan fingerprint density at radius 1 is 0.963 bits per heavy atom. The molecule has 3 aromatic rings. The van der Waals surface area contributed by atoms with Gasteiger partial charge in [0.1, 0.15) is 0 Å². The van der Waals surface area contributed by atoms with Crippen LogP contribution in [0.3, 0.4) is 0 Å². The highest BCUT2D eigenvalue weighted by molar-refractivity contribution is 7.62. The van der Waals surface area contributed by atoms with Crippen molar-refractivity contribution in [3.63, 3.8) is 0 Å².